The molecule has 0 saturated heterocycles. The molecule has 0 atom stereocenters. The second-order valence-electron chi connectivity index (χ2n) is 5.80. The van der Waals surface area contributed by atoms with E-state index in [4.69, 9.17) is 0 Å². The molecule has 22 heavy (non-hydrogen) atoms. The van der Waals surface area contributed by atoms with Gasteiger partial charge in [-0.05, 0) is 18.6 Å². The van der Waals surface area contributed by atoms with Crippen LogP contribution in [0.1, 0.15) is 27.2 Å². The van der Waals surface area contributed by atoms with E-state index in [2.05, 4.69) is 5.32 Å². The van der Waals surface area contributed by atoms with Crippen molar-refractivity contribution in [3.63, 3.8) is 0 Å². The van der Waals surface area contributed by atoms with Gasteiger partial charge >= 0.3 is 0 Å². The molecule has 2 aromatic carbocycles. The van der Waals surface area contributed by atoms with Crippen LogP contribution in [-0.2, 0) is 14.9 Å². The lowest BCUT2D eigenvalue weighted by Crippen LogP contribution is -2.30. The fourth-order valence-electron chi connectivity index (χ4n) is 2.05. The Morgan fingerprint density at radius 3 is 2.27 bits per heavy atom. The average molecular weight is 320 g/mol. The summed E-state index contributed by atoms with van der Waals surface area (Å²) in [6, 6.07) is 9.30. The highest BCUT2D eigenvalue weighted by Gasteiger charge is 2.25. The SMILES string of the molecule is CCC(C)(C)C(=O)Nc1ccc(S(=O)(=O)[O-])c2ccccc12. The third-order valence-corrected chi connectivity index (χ3v) is 4.79. The fraction of sp³-hybridized carbons (Fsp3) is 0.312. The first-order valence-corrected chi connectivity index (χ1v) is 8.37. The van der Waals surface area contributed by atoms with E-state index >= 15 is 0 Å². The van der Waals surface area contributed by atoms with Crippen LogP contribution in [0.5, 0.6) is 0 Å². The Labute approximate surface area is 130 Å². The van der Waals surface area contributed by atoms with Gasteiger partial charge in [-0.2, -0.15) is 0 Å². The molecule has 0 aliphatic heterocycles. The Hall–Kier alpha value is -1.92. The first kappa shape index (κ1) is 16.5. The van der Waals surface area contributed by atoms with Crippen LogP contribution >= 0.6 is 0 Å². The van der Waals surface area contributed by atoms with Crippen LogP contribution in [0.3, 0.4) is 0 Å². The van der Waals surface area contributed by atoms with Crippen LogP contribution in [0, 0.1) is 5.41 Å². The van der Waals surface area contributed by atoms with Crippen molar-refractivity contribution < 1.29 is 17.8 Å². The van der Waals surface area contributed by atoms with Gasteiger partial charge in [0.1, 0.15) is 10.1 Å². The Morgan fingerprint density at radius 1 is 1.14 bits per heavy atom. The third-order valence-electron chi connectivity index (χ3n) is 3.90. The summed E-state index contributed by atoms with van der Waals surface area (Å²) < 4.78 is 34.0. The maximum Gasteiger partial charge on any atom is 0.230 e. The van der Waals surface area contributed by atoms with Crippen molar-refractivity contribution in [2.75, 3.05) is 5.32 Å². The van der Waals surface area contributed by atoms with E-state index in [1.807, 2.05) is 20.8 Å². The Kier molecular flexibility index (Phi) is 4.26. The first-order valence-electron chi connectivity index (χ1n) is 6.96. The number of benzene rings is 2. The minimum absolute atomic E-state index is 0.155. The molecule has 0 radical (unpaired) electrons. The number of nitrogens with one attached hydrogen (secondary N) is 1. The quantitative estimate of drug-likeness (QED) is 0.877. The zero-order chi connectivity index (χ0) is 16.5. The molecule has 0 bridgehead atoms. The number of anilines is 1. The molecule has 0 heterocycles. The number of amides is 1. The van der Waals surface area contributed by atoms with Gasteiger partial charge in [0.2, 0.25) is 5.91 Å². The molecule has 1 N–H and O–H groups in total. The van der Waals surface area contributed by atoms with Crippen molar-refractivity contribution in [3.05, 3.63) is 36.4 Å². The highest BCUT2D eigenvalue weighted by Crippen LogP contribution is 2.31. The molecular formula is C16H18NO4S-. The Bertz CT molecular complexity index is 825. The Balaban J connectivity index is 2.57. The molecule has 2 rings (SSSR count). The lowest BCUT2D eigenvalue weighted by Gasteiger charge is -2.22. The summed E-state index contributed by atoms with van der Waals surface area (Å²) >= 11 is 0. The molecule has 0 aliphatic carbocycles. The molecular weight excluding hydrogens is 302 g/mol. The van der Waals surface area contributed by atoms with E-state index < -0.39 is 15.5 Å². The van der Waals surface area contributed by atoms with Crippen molar-refractivity contribution in [2.45, 2.75) is 32.1 Å². The minimum atomic E-state index is -4.57. The van der Waals surface area contributed by atoms with Crippen LogP contribution in [0.15, 0.2) is 41.3 Å². The zero-order valence-electron chi connectivity index (χ0n) is 12.7. The van der Waals surface area contributed by atoms with Gasteiger partial charge in [0.05, 0.1) is 4.90 Å². The van der Waals surface area contributed by atoms with Gasteiger partial charge < -0.3 is 9.87 Å². The molecule has 0 aromatic heterocycles. The van der Waals surface area contributed by atoms with Gasteiger partial charge in [-0.25, -0.2) is 8.42 Å². The molecule has 2 aromatic rings. The molecule has 118 valence electrons. The standard InChI is InChI=1S/C16H19NO4S/c1-4-16(2,3)15(18)17-13-9-10-14(22(19,20)21)12-8-6-5-7-11(12)13/h5-10H,4H2,1-3H3,(H,17,18)(H,19,20,21)/p-1. The van der Waals surface area contributed by atoms with Gasteiger partial charge in [-0.1, -0.05) is 45.0 Å². The normalized spacial score (nSPS) is 12.4. The minimum Gasteiger partial charge on any atom is -0.744 e. The van der Waals surface area contributed by atoms with E-state index in [9.17, 15) is 17.8 Å². The maximum absolute atomic E-state index is 12.3. The van der Waals surface area contributed by atoms with E-state index in [1.54, 1.807) is 24.3 Å². The molecule has 0 spiro atoms. The van der Waals surface area contributed by atoms with Crippen LogP contribution in [-0.4, -0.2) is 18.9 Å². The van der Waals surface area contributed by atoms with Crippen molar-refractivity contribution >= 4 is 32.5 Å². The van der Waals surface area contributed by atoms with Gasteiger partial charge in [-0.3, -0.25) is 4.79 Å². The maximum atomic E-state index is 12.3. The topological polar surface area (TPSA) is 86.3 Å². The second kappa shape index (κ2) is 5.70. The Morgan fingerprint density at radius 2 is 1.73 bits per heavy atom. The largest absolute Gasteiger partial charge is 0.744 e. The predicted octanol–water partition coefficient (Wildman–Crippen LogP) is 3.12. The van der Waals surface area contributed by atoms with E-state index in [0.29, 0.717) is 22.9 Å². The predicted molar refractivity (Wildman–Crippen MR) is 84.6 cm³/mol. The van der Waals surface area contributed by atoms with Crippen LogP contribution in [0.25, 0.3) is 10.8 Å². The van der Waals surface area contributed by atoms with Crippen molar-refractivity contribution in [1.82, 2.24) is 0 Å². The van der Waals surface area contributed by atoms with Gasteiger partial charge in [0.15, 0.2) is 0 Å². The highest BCUT2D eigenvalue weighted by molar-refractivity contribution is 7.86. The van der Waals surface area contributed by atoms with Crippen LogP contribution < -0.4 is 5.32 Å². The van der Waals surface area contributed by atoms with Gasteiger partial charge in [0.25, 0.3) is 0 Å². The fourth-order valence-corrected chi connectivity index (χ4v) is 2.73. The third kappa shape index (κ3) is 3.13. The highest BCUT2D eigenvalue weighted by atomic mass is 32.2. The van der Waals surface area contributed by atoms with E-state index in [1.165, 1.54) is 12.1 Å². The molecule has 1 amide bonds. The smallest absolute Gasteiger partial charge is 0.230 e. The molecule has 5 nitrogen and oxygen atoms in total. The summed E-state index contributed by atoms with van der Waals surface area (Å²) in [6.07, 6.45) is 0.670. The van der Waals surface area contributed by atoms with Crippen molar-refractivity contribution in [2.24, 2.45) is 5.41 Å². The molecule has 0 unspecified atom stereocenters. The first-order chi connectivity index (χ1) is 10.2. The van der Waals surface area contributed by atoms with Gasteiger partial charge in [0, 0.05) is 21.9 Å². The number of rotatable bonds is 4. The number of hydrogen-bond acceptors (Lipinski definition) is 4. The molecule has 0 saturated carbocycles. The number of carbonyl (C=O) groups excluding carboxylic acids is 1. The molecule has 0 aliphatic rings. The monoisotopic (exact) mass is 320 g/mol. The lowest BCUT2D eigenvalue weighted by atomic mass is 9.89. The lowest BCUT2D eigenvalue weighted by molar-refractivity contribution is -0.124. The summed E-state index contributed by atoms with van der Waals surface area (Å²) in [6.45, 7) is 5.59. The summed E-state index contributed by atoms with van der Waals surface area (Å²) in [5.41, 5.74) is -0.0424. The molecule has 6 heteroatoms. The number of hydrogen-bond donors (Lipinski definition) is 1. The summed E-state index contributed by atoms with van der Waals surface area (Å²) in [4.78, 5) is 12.0. The van der Waals surface area contributed by atoms with Crippen LogP contribution in [0.2, 0.25) is 0 Å². The number of fused-ring (bicyclic) bond motifs is 1. The van der Waals surface area contributed by atoms with Crippen molar-refractivity contribution in [3.8, 4) is 0 Å². The van der Waals surface area contributed by atoms with E-state index in [-0.39, 0.29) is 10.8 Å². The number of carbonyl (C=O) groups is 1. The van der Waals surface area contributed by atoms with Crippen molar-refractivity contribution in [1.29, 1.82) is 0 Å². The summed E-state index contributed by atoms with van der Waals surface area (Å²) in [5, 5.41) is 3.66. The van der Waals surface area contributed by atoms with Gasteiger partial charge in [-0.15, -0.1) is 0 Å². The zero-order valence-corrected chi connectivity index (χ0v) is 13.5. The second-order valence-corrected chi connectivity index (χ2v) is 7.15. The summed E-state index contributed by atoms with van der Waals surface area (Å²) in [7, 11) is -4.57. The molecule has 0 fully saturated rings. The van der Waals surface area contributed by atoms with E-state index in [0.717, 1.165) is 0 Å². The average Bonchev–Trinajstić information content (AvgIpc) is 2.46. The van der Waals surface area contributed by atoms with Crippen LogP contribution in [0.4, 0.5) is 5.69 Å². The summed E-state index contributed by atoms with van der Waals surface area (Å²) in [5.74, 6) is -0.155.